The van der Waals surface area contributed by atoms with Gasteiger partial charge in [-0.15, -0.1) is 0 Å². The molecular weight excluding hydrogens is 162 g/mol. The summed E-state index contributed by atoms with van der Waals surface area (Å²) in [5, 5.41) is 3.21. The highest BCUT2D eigenvalue weighted by Gasteiger charge is 2.09. The third-order valence-electron chi connectivity index (χ3n) is 2.37. The van der Waals surface area contributed by atoms with E-state index in [4.69, 9.17) is 0 Å². The fraction of sp³-hybridized carbons (Fsp3) is 0.700. The molecule has 1 aromatic rings. The Kier molecular flexibility index (Phi) is 3.96. The van der Waals surface area contributed by atoms with Crippen molar-refractivity contribution in [1.82, 2.24) is 14.9 Å². The molecule has 0 saturated heterocycles. The third-order valence-corrected chi connectivity index (χ3v) is 2.37. The number of nitrogens with zero attached hydrogens (tertiary/aromatic N) is 2. The number of imidazole rings is 1. The molecule has 1 heterocycles. The van der Waals surface area contributed by atoms with Gasteiger partial charge in [0.15, 0.2) is 0 Å². The first-order chi connectivity index (χ1) is 6.33. The van der Waals surface area contributed by atoms with Gasteiger partial charge in [0.25, 0.3) is 0 Å². The van der Waals surface area contributed by atoms with E-state index in [1.54, 1.807) is 0 Å². The Morgan fingerprint density at radius 2 is 2.31 bits per heavy atom. The first-order valence-corrected chi connectivity index (χ1v) is 4.99. The first-order valence-electron chi connectivity index (χ1n) is 4.99. The highest BCUT2D eigenvalue weighted by atomic mass is 15.1. The molecule has 0 aliphatic heterocycles. The first kappa shape index (κ1) is 10.3. The van der Waals surface area contributed by atoms with Gasteiger partial charge in [0.05, 0.1) is 0 Å². The summed E-state index contributed by atoms with van der Waals surface area (Å²) in [5.74, 6) is 1.18. The van der Waals surface area contributed by atoms with Crippen LogP contribution in [0.2, 0.25) is 0 Å². The molecule has 0 bridgehead atoms. The molecule has 0 fully saturated rings. The maximum Gasteiger partial charge on any atom is 0.108 e. The average Bonchev–Trinajstić information content (AvgIpc) is 2.61. The molecule has 1 aromatic heterocycles. The summed E-state index contributed by atoms with van der Waals surface area (Å²) in [6.45, 7) is 5.37. The quantitative estimate of drug-likeness (QED) is 0.748. The van der Waals surface area contributed by atoms with Gasteiger partial charge in [0, 0.05) is 31.4 Å². The van der Waals surface area contributed by atoms with Crippen molar-refractivity contribution in [3.8, 4) is 0 Å². The van der Waals surface area contributed by atoms with E-state index in [-0.39, 0.29) is 0 Å². The lowest BCUT2D eigenvalue weighted by molar-refractivity contribution is 0.451. The van der Waals surface area contributed by atoms with Crippen LogP contribution < -0.4 is 5.32 Å². The van der Waals surface area contributed by atoms with Crippen LogP contribution in [0.25, 0.3) is 0 Å². The Morgan fingerprint density at radius 3 is 2.85 bits per heavy atom. The zero-order valence-electron chi connectivity index (χ0n) is 8.75. The predicted molar refractivity (Wildman–Crippen MR) is 54.9 cm³/mol. The van der Waals surface area contributed by atoms with Crippen molar-refractivity contribution in [3.63, 3.8) is 0 Å². The molecule has 0 aliphatic carbocycles. The standard InChI is InChI=1S/C10H19N3/c1-4-9(8-11-3)13-7-6-12-10(13)5-2/h6-7,9,11H,4-5,8H2,1-3H3. The molecule has 0 aromatic carbocycles. The summed E-state index contributed by atoms with van der Waals surface area (Å²) < 4.78 is 2.27. The molecule has 74 valence electrons. The minimum Gasteiger partial charge on any atom is -0.331 e. The summed E-state index contributed by atoms with van der Waals surface area (Å²) in [4.78, 5) is 4.32. The van der Waals surface area contributed by atoms with E-state index >= 15 is 0 Å². The fourth-order valence-corrected chi connectivity index (χ4v) is 1.63. The number of hydrogen-bond donors (Lipinski definition) is 1. The molecule has 0 aliphatic rings. The Morgan fingerprint density at radius 1 is 1.54 bits per heavy atom. The minimum atomic E-state index is 0.544. The molecule has 0 radical (unpaired) electrons. The van der Waals surface area contributed by atoms with Gasteiger partial charge in [0.2, 0.25) is 0 Å². The van der Waals surface area contributed by atoms with Crippen molar-refractivity contribution >= 4 is 0 Å². The van der Waals surface area contributed by atoms with Crippen LogP contribution >= 0.6 is 0 Å². The van der Waals surface area contributed by atoms with Crippen LogP contribution in [-0.2, 0) is 6.42 Å². The monoisotopic (exact) mass is 181 g/mol. The molecule has 1 rings (SSSR count). The molecular formula is C10H19N3. The number of aryl methyl sites for hydroxylation is 1. The van der Waals surface area contributed by atoms with Crippen LogP contribution in [-0.4, -0.2) is 23.1 Å². The predicted octanol–water partition coefficient (Wildman–Crippen LogP) is 1.62. The maximum atomic E-state index is 4.32. The number of likely N-dealkylation sites (N-methyl/N-ethyl adjacent to an activating group) is 1. The Balaban J connectivity index is 2.77. The lowest BCUT2D eigenvalue weighted by Gasteiger charge is -2.18. The second kappa shape index (κ2) is 5.02. The van der Waals surface area contributed by atoms with Gasteiger partial charge in [-0.2, -0.15) is 0 Å². The van der Waals surface area contributed by atoms with Crippen molar-refractivity contribution in [3.05, 3.63) is 18.2 Å². The van der Waals surface area contributed by atoms with Gasteiger partial charge in [-0.3, -0.25) is 0 Å². The van der Waals surface area contributed by atoms with E-state index in [1.807, 2.05) is 13.2 Å². The molecule has 1 unspecified atom stereocenters. The smallest absolute Gasteiger partial charge is 0.108 e. The molecule has 0 spiro atoms. The van der Waals surface area contributed by atoms with Crippen LogP contribution in [0.5, 0.6) is 0 Å². The molecule has 3 nitrogen and oxygen atoms in total. The third kappa shape index (κ3) is 2.31. The van der Waals surface area contributed by atoms with E-state index < -0.39 is 0 Å². The van der Waals surface area contributed by atoms with Crippen molar-refractivity contribution < 1.29 is 0 Å². The summed E-state index contributed by atoms with van der Waals surface area (Å²) in [6.07, 6.45) is 6.11. The summed E-state index contributed by atoms with van der Waals surface area (Å²) in [7, 11) is 1.99. The van der Waals surface area contributed by atoms with Crippen LogP contribution in [0.1, 0.15) is 32.1 Å². The normalized spacial score (nSPS) is 13.2. The summed E-state index contributed by atoms with van der Waals surface area (Å²) >= 11 is 0. The minimum absolute atomic E-state index is 0.544. The van der Waals surface area contributed by atoms with Crippen molar-refractivity contribution in [1.29, 1.82) is 0 Å². The lowest BCUT2D eigenvalue weighted by atomic mass is 10.2. The van der Waals surface area contributed by atoms with Crippen LogP contribution in [0.3, 0.4) is 0 Å². The Bertz CT molecular complexity index is 242. The van der Waals surface area contributed by atoms with Gasteiger partial charge in [-0.1, -0.05) is 13.8 Å². The second-order valence-electron chi connectivity index (χ2n) is 3.22. The largest absolute Gasteiger partial charge is 0.331 e. The van der Waals surface area contributed by atoms with E-state index in [1.165, 1.54) is 5.82 Å². The zero-order valence-corrected chi connectivity index (χ0v) is 8.75. The second-order valence-corrected chi connectivity index (χ2v) is 3.22. The van der Waals surface area contributed by atoms with Gasteiger partial charge in [-0.05, 0) is 13.5 Å². The number of nitrogens with one attached hydrogen (secondary N) is 1. The molecule has 13 heavy (non-hydrogen) atoms. The fourth-order valence-electron chi connectivity index (χ4n) is 1.63. The van der Waals surface area contributed by atoms with E-state index in [2.05, 4.69) is 34.9 Å². The molecule has 1 N–H and O–H groups in total. The van der Waals surface area contributed by atoms with Crippen molar-refractivity contribution in [2.45, 2.75) is 32.7 Å². The number of aromatic nitrogens is 2. The van der Waals surface area contributed by atoms with Crippen LogP contribution in [0, 0.1) is 0 Å². The van der Waals surface area contributed by atoms with Gasteiger partial charge >= 0.3 is 0 Å². The van der Waals surface area contributed by atoms with E-state index in [0.717, 1.165) is 19.4 Å². The van der Waals surface area contributed by atoms with Crippen LogP contribution in [0.15, 0.2) is 12.4 Å². The van der Waals surface area contributed by atoms with E-state index in [0.29, 0.717) is 6.04 Å². The highest BCUT2D eigenvalue weighted by molar-refractivity contribution is 4.95. The molecule has 3 heteroatoms. The summed E-state index contributed by atoms with van der Waals surface area (Å²) in [6, 6.07) is 0.544. The number of hydrogen-bond acceptors (Lipinski definition) is 2. The van der Waals surface area contributed by atoms with Gasteiger partial charge < -0.3 is 9.88 Å². The zero-order chi connectivity index (χ0) is 9.68. The average molecular weight is 181 g/mol. The van der Waals surface area contributed by atoms with Crippen molar-refractivity contribution in [2.24, 2.45) is 0 Å². The van der Waals surface area contributed by atoms with Crippen LogP contribution in [0.4, 0.5) is 0 Å². The van der Waals surface area contributed by atoms with E-state index in [9.17, 15) is 0 Å². The molecule has 0 amide bonds. The summed E-state index contributed by atoms with van der Waals surface area (Å²) in [5.41, 5.74) is 0. The Labute approximate surface area is 80.2 Å². The van der Waals surface area contributed by atoms with Gasteiger partial charge in [-0.25, -0.2) is 4.98 Å². The maximum absolute atomic E-state index is 4.32. The van der Waals surface area contributed by atoms with Crippen molar-refractivity contribution in [2.75, 3.05) is 13.6 Å². The highest BCUT2D eigenvalue weighted by Crippen LogP contribution is 2.12. The topological polar surface area (TPSA) is 29.9 Å². The Hall–Kier alpha value is -0.830. The van der Waals surface area contributed by atoms with Gasteiger partial charge in [0.1, 0.15) is 5.82 Å². The SMILES string of the molecule is CCc1nccn1C(CC)CNC. The molecule has 0 saturated carbocycles. The molecule has 1 atom stereocenters. The lowest BCUT2D eigenvalue weighted by Crippen LogP contribution is -2.22. The number of rotatable bonds is 5.